The molecule has 0 fully saturated rings. The molecule has 0 aliphatic heterocycles. The number of hydrogen-bond donors (Lipinski definition) is 0. The topological polar surface area (TPSA) is 0 Å². The number of halogens is 1. The van der Waals surface area contributed by atoms with Gasteiger partial charge in [-0.3, -0.25) is 0 Å². The summed E-state index contributed by atoms with van der Waals surface area (Å²) in [7, 11) is 1.34. The molecule has 0 aromatic heterocycles. The van der Waals surface area contributed by atoms with Gasteiger partial charge in [0.1, 0.15) is 0 Å². The lowest BCUT2D eigenvalue weighted by molar-refractivity contribution is 1.53. The van der Waals surface area contributed by atoms with Crippen LogP contribution in [0.2, 0.25) is 6.04 Å². The Bertz CT molecular complexity index is 8.00. The van der Waals surface area contributed by atoms with Crippen LogP contribution in [0, 0.1) is 0 Å². The second-order valence-electron chi connectivity index (χ2n) is 0.689. The highest BCUT2D eigenvalue weighted by Crippen LogP contribution is 1.78. The van der Waals surface area contributed by atoms with E-state index in [1.807, 2.05) is 0 Å². The van der Waals surface area contributed by atoms with Crippen LogP contribution in [0.4, 0.5) is 0 Å². The SMILES string of the molecule is [SiH3]CCBr. The van der Waals surface area contributed by atoms with E-state index in [0.29, 0.717) is 0 Å². The third-order valence-corrected chi connectivity index (χ3v) is 2.95. The van der Waals surface area contributed by atoms with Gasteiger partial charge in [-0.1, -0.05) is 22.0 Å². The molecule has 0 saturated carbocycles. The highest BCUT2D eigenvalue weighted by Gasteiger charge is 1.59. The summed E-state index contributed by atoms with van der Waals surface area (Å²) in [5, 5.41) is 1.19. The molecule has 0 aromatic rings. The molecule has 0 nitrogen and oxygen atoms in total. The predicted molar refractivity (Wildman–Crippen MR) is 28.5 cm³/mol. The molecule has 0 radical (unpaired) electrons. The summed E-state index contributed by atoms with van der Waals surface area (Å²) in [5.41, 5.74) is 0. The van der Waals surface area contributed by atoms with Crippen LogP contribution in [0.5, 0.6) is 0 Å². The molecular weight excluding hydrogens is 132 g/mol. The van der Waals surface area contributed by atoms with Crippen molar-refractivity contribution in [1.82, 2.24) is 0 Å². The zero-order chi connectivity index (χ0) is 3.41. The molecule has 0 N–H and O–H groups in total. The molecule has 0 spiro atoms. The second-order valence-corrected chi connectivity index (χ2v) is 2.48. The fraction of sp³-hybridized carbons (Fsp3) is 1.00. The molecule has 0 aliphatic rings. The van der Waals surface area contributed by atoms with Crippen molar-refractivity contribution in [2.45, 2.75) is 6.04 Å². The van der Waals surface area contributed by atoms with Gasteiger partial charge in [-0.15, -0.1) is 0 Å². The molecule has 0 amide bonds. The largest absolute Gasteiger partial charge is 0.0931 e. The highest BCUT2D eigenvalue weighted by molar-refractivity contribution is 9.09. The van der Waals surface area contributed by atoms with Gasteiger partial charge in [0.2, 0.25) is 0 Å². The third kappa shape index (κ3) is 2.70. The van der Waals surface area contributed by atoms with Crippen LogP contribution >= 0.6 is 15.9 Å². The van der Waals surface area contributed by atoms with Crippen molar-refractivity contribution in [1.29, 1.82) is 0 Å². The lowest BCUT2D eigenvalue weighted by atomic mass is 11.0. The molecule has 0 bridgehead atoms. The maximum Gasteiger partial charge on any atom is 0.00385 e. The summed E-state index contributed by atoms with van der Waals surface area (Å²) in [4.78, 5) is 0. The first kappa shape index (κ1) is 4.70. The third-order valence-electron chi connectivity index (χ3n) is 0.189. The number of alkyl halides is 1. The van der Waals surface area contributed by atoms with Crippen LogP contribution < -0.4 is 0 Å². The van der Waals surface area contributed by atoms with Crippen molar-refractivity contribution in [2.24, 2.45) is 0 Å². The van der Waals surface area contributed by atoms with Gasteiger partial charge in [0, 0.05) is 10.2 Å². The Morgan fingerprint density at radius 2 is 2.00 bits per heavy atom. The first-order valence-electron chi connectivity index (χ1n) is 1.47. The Hall–Kier alpha value is 0.697. The van der Waals surface area contributed by atoms with Crippen molar-refractivity contribution in [3.8, 4) is 0 Å². The standard InChI is InChI=1S/C2H7BrSi/c3-1-2-4/h1-2H2,4H3. The quantitative estimate of drug-likeness (QED) is 0.358. The Morgan fingerprint density at radius 3 is 2.00 bits per heavy atom. The second kappa shape index (κ2) is 3.70. The van der Waals surface area contributed by atoms with E-state index >= 15 is 0 Å². The summed E-state index contributed by atoms with van der Waals surface area (Å²) < 4.78 is 0. The Labute approximate surface area is 38.1 Å². The van der Waals surface area contributed by atoms with Crippen molar-refractivity contribution in [3.63, 3.8) is 0 Å². The van der Waals surface area contributed by atoms with E-state index in [0.717, 1.165) is 0 Å². The van der Waals surface area contributed by atoms with Crippen LogP contribution in [0.1, 0.15) is 0 Å². The smallest absolute Gasteiger partial charge is 0.00385 e. The molecule has 0 atom stereocenters. The summed E-state index contributed by atoms with van der Waals surface area (Å²) in [6.07, 6.45) is 0. The summed E-state index contributed by atoms with van der Waals surface area (Å²) in [6.45, 7) is 0. The van der Waals surface area contributed by atoms with E-state index in [-0.39, 0.29) is 0 Å². The molecule has 0 aliphatic carbocycles. The fourth-order valence-electron chi connectivity index (χ4n) is 0. The Morgan fingerprint density at radius 1 is 1.75 bits per heavy atom. The maximum atomic E-state index is 3.28. The average molecular weight is 139 g/mol. The van der Waals surface area contributed by atoms with Crippen molar-refractivity contribution >= 4 is 26.2 Å². The van der Waals surface area contributed by atoms with Gasteiger partial charge in [-0.2, -0.15) is 0 Å². The summed E-state index contributed by atoms with van der Waals surface area (Å²) in [6, 6.07) is 1.38. The zero-order valence-corrected chi connectivity index (χ0v) is 6.38. The van der Waals surface area contributed by atoms with Crippen LogP contribution in [0.3, 0.4) is 0 Å². The van der Waals surface area contributed by atoms with Crippen LogP contribution in [0.15, 0.2) is 0 Å². The first-order chi connectivity index (χ1) is 1.91. The van der Waals surface area contributed by atoms with Gasteiger partial charge in [-0.05, 0) is 5.33 Å². The summed E-state index contributed by atoms with van der Waals surface area (Å²) in [5.74, 6) is 0. The summed E-state index contributed by atoms with van der Waals surface area (Å²) >= 11 is 3.28. The normalized spacial score (nSPS) is 8.25. The van der Waals surface area contributed by atoms with E-state index in [4.69, 9.17) is 0 Å². The first-order valence-corrected chi connectivity index (χ1v) is 4.01. The number of rotatable bonds is 1. The predicted octanol–water partition coefficient (Wildman–Crippen LogP) is 0.165. The molecule has 0 aromatic carbocycles. The zero-order valence-electron chi connectivity index (χ0n) is 2.79. The molecule has 0 heterocycles. The van der Waals surface area contributed by atoms with Crippen molar-refractivity contribution < 1.29 is 0 Å². The highest BCUT2D eigenvalue weighted by atomic mass is 79.9. The minimum Gasteiger partial charge on any atom is -0.0931 e. The van der Waals surface area contributed by atoms with Crippen LogP contribution in [-0.4, -0.2) is 15.6 Å². The van der Waals surface area contributed by atoms with E-state index in [1.54, 1.807) is 0 Å². The monoisotopic (exact) mass is 138 g/mol. The van der Waals surface area contributed by atoms with Gasteiger partial charge in [0.15, 0.2) is 0 Å². The van der Waals surface area contributed by atoms with Gasteiger partial charge >= 0.3 is 0 Å². The minimum atomic E-state index is 1.19. The lowest BCUT2D eigenvalue weighted by Gasteiger charge is -1.65. The molecule has 26 valence electrons. The number of hydrogen-bond acceptors (Lipinski definition) is 0. The van der Waals surface area contributed by atoms with E-state index in [2.05, 4.69) is 15.9 Å². The van der Waals surface area contributed by atoms with Gasteiger partial charge < -0.3 is 0 Å². The maximum absolute atomic E-state index is 3.28. The van der Waals surface area contributed by atoms with E-state index in [9.17, 15) is 0 Å². The van der Waals surface area contributed by atoms with Crippen LogP contribution in [-0.2, 0) is 0 Å². The van der Waals surface area contributed by atoms with Gasteiger partial charge in [-0.25, -0.2) is 0 Å². The van der Waals surface area contributed by atoms with Gasteiger partial charge in [0.05, 0.1) is 0 Å². The average Bonchev–Trinajstić information content (AvgIpc) is 1.37. The molecule has 4 heavy (non-hydrogen) atoms. The van der Waals surface area contributed by atoms with E-state index in [1.165, 1.54) is 21.6 Å². The molecule has 0 rings (SSSR count). The minimum absolute atomic E-state index is 1.19. The lowest BCUT2D eigenvalue weighted by Crippen LogP contribution is -1.61. The van der Waals surface area contributed by atoms with Crippen molar-refractivity contribution in [3.05, 3.63) is 0 Å². The van der Waals surface area contributed by atoms with Gasteiger partial charge in [0.25, 0.3) is 0 Å². The van der Waals surface area contributed by atoms with Crippen LogP contribution in [0.25, 0.3) is 0 Å². The Balaban J connectivity index is 1.97. The Kier molecular flexibility index (Phi) is 4.34. The van der Waals surface area contributed by atoms with Crippen molar-refractivity contribution in [2.75, 3.05) is 5.33 Å². The van der Waals surface area contributed by atoms with E-state index < -0.39 is 0 Å². The fourth-order valence-corrected chi connectivity index (χ4v) is 0. The molecular formula is C2H7BrSi. The molecule has 0 unspecified atom stereocenters. The molecule has 0 saturated heterocycles. The molecule has 2 heteroatoms.